The first kappa shape index (κ1) is 18.3. The Balaban J connectivity index is 2.04. The number of allylic oxidation sites excluding steroid dienone is 2. The third-order valence-electron chi connectivity index (χ3n) is 4.53. The average molecular weight is 373 g/mol. The van der Waals surface area contributed by atoms with E-state index in [1.165, 1.54) is 18.2 Å². The summed E-state index contributed by atoms with van der Waals surface area (Å²) < 4.78 is 18.3. The van der Waals surface area contributed by atoms with Crippen molar-refractivity contribution in [2.75, 3.05) is 6.61 Å². The molecule has 1 aliphatic carbocycles. The van der Waals surface area contributed by atoms with E-state index in [0.29, 0.717) is 11.4 Å². The molecule has 0 fully saturated rings. The largest absolute Gasteiger partial charge is 0.465 e. The van der Waals surface area contributed by atoms with E-state index in [1.807, 2.05) is 12.1 Å². The smallest absolute Gasteiger partial charge is 0.317 e. The number of benzene rings is 2. The van der Waals surface area contributed by atoms with Crippen molar-refractivity contribution in [2.45, 2.75) is 19.3 Å². The Bertz CT molecular complexity index is 858. The summed E-state index contributed by atoms with van der Waals surface area (Å²) in [5.41, 5.74) is 2.23. The van der Waals surface area contributed by atoms with Gasteiger partial charge in [0.25, 0.3) is 0 Å². The van der Waals surface area contributed by atoms with Crippen LogP contribution in [0.25, 0.3) is 5.57 Å². The van der Waals surface area contributed by atoms with Crippen molar-refractivity contribution >= 4 is 28.9 Å². The van der Waals surface area contributed by atoms with Crippen molar-refractivity contribution in [3.05, 3.63) is 76.6 Å². The van der Waals surface area contributed by atoms with E-state index in [1.54, 1.807) is 31.2 Å². The van der Waals surface area contributed by atoms with Crippen LogP contribution < -0.4 is 0 Å². The van der Waals surface area contributed by atoms with Gasteiger partial charge in [-0.25, -0.2) is 4.39 Å². The summed E-state index contributed by atoms with van der Waals surface area (Å²) in [6.07, 6.45) is 1.90. The van der Waals surface area contributed by atoms with Crippen molar-refractivity contribution in [2.24, 2.45) is 5.92 Å². The zero-order valence-electron chi connectivity index (χ0n) is 14.2. The average Bonchev–Trinajstić information content (AvgIpc) is 2.62. The van der Waals surface area contributed by atoms with E-state index < -0.39 is 17.8 Å². The molecule has 3 nitrogen and oxygen atoms in total. The van der Waals surface area contributed by atoms with Crippen LogP contribution in [0.1, 0.15) is 30.4 Å². The molecule has 5 heteroatoms. The quantitative estimate of drug-likeness (QED) is 0.572. The number of hydrogen-bond acceptors (Lipinski definition) is 3. The lowest BCUT2D eigenvalue weighted by atomic mass is 9.73. The van der Waals surface area contributed by atoms with Gasteiger partial charge in [0.05, 0.1) is 6.61 Å². The van der Waals surface area contributed by atoms with Crippen LogP contribution in [0.3, 0.4) is 0 Å². The van der Waals surface area contributed by atoms with E-state index in [2.05, 4.69) is 0 Å². The molecule has 0 N–H and O–H groups in total. The van der Waals surface area contributed by atoms with E-state index in [9.17, 15) is 14.0 Å². The first-order valence-corrected chi connectivity index (χ1v) is 8.80. The Kier molecular flexibility index (Phi) is 5.52. The minimum atomic E-state index is -0.931. The van der Waals surface area contributed by atoms with Crippen LogP contribution in [0, 0.1) is 11.7 Å². The van der Waals surface area contributed by atoms with E-state index in [-0.39, 0.29) is 18.2 Å². The monoisotopic (exact) mass is 372 g/mol. The molecule has 0 heterocycles. The molecule has 3 rings (SSSR count). The van der Waals surface area contributed by atoms with Gasteiger partial charge in [-0.15, -0.1) is 0 Å². The van der Waals surface area contributed by atoms with Gasteiger partial charge in [0.2, 0.25) is 0 Å². The maximum Gasteiger partial charge on any atom is 0.317 e. The second-order valence-electron chi connectivity index (χ2n) is 6.14. The minimum Gasteiger partial charge on any atom is -0.465 e. The fourth-order valence-electron chi connectivity index (χ4n) is 3.32. The second-order valence-corrected chi connectivity index (χ2v) is 6.55. The standard InChI is InChI=1S/C21H18ClFO3/c1-2-26-21(25)20-17(16-5-3-4-6-18(16)22)11-14(12-19(20)24)13-7-9-15(23)10-8-13/h3-10,12,17,20H,2,11H2,1H3. The SMILES string of the molecule is CCOC(=O)C1C(=O)C=C(c2ccc(F)cc2)CC1c1ccccc1Cl. The highest BCUT2D eigenvalue weighted by molar-refractivity contribution is 6.31. The van der Waals surface area contributed by atoms with Gasteiger partial charge in [-0.1, -0.05) is 41.9 Å². The lowest BCUT2D eigenvalue weighted by Crippen LogP contribution is -2.34. The van der Waals surface area contributed by atoms with Gasteiger partial charge in [0.15, 0.2) is 5.78 Å². The van der Waals surface area contributed by atoms with Crippen molar-refractivity contribution in [3.63, 3.8) is 0 Å². The molecule has 1 aliphatic rings. The second kappa shape index (κ2) is 7.83. The Morgan fingerprint density at radius 2 is 1.88 bits per heavy atom. The Morgan fingerprint density at radius 3 is 2.54 bits per heavy atom. The molecule has 2 aromatic carbocycles. The number of rotatable bonds is 4. The van der Waals surface area contributed by atoms with Crippen LogP contribution in [0.5, 0.6) is 0 Å². The predicted molar refractivity (Wildman–Crippen MR) is 98.3 cm³/mol. The van der Waals surface area contributed by atoms with Gasteiger partial charge in [-0.2, -0.15) is 0 Å². The molecule has 2 unspecified atom stereocenters. The fraction of sp³-hybridized carbons (Fsp3) is 0.238. The number of ketones is 1. The fourth-order valence-corrected chi connectivity index (χ4v) is 3.59. The zero-order valence-corrected chi connectivity index (χ0v) is 15.0. The van der Waals surface area contributed by atoms with Gasteiger partial charge < -0.3 is 4.74 Å². The summed E-state index contributed by atoms with van der Waals surface area (Å²) in [6.45, 7) is 1.90. The van der Waals surface area contributed by atoms with E-state index in [4.69, 9.17) is 16.3 Å². The van der Waals surface area contributed by atoms with Crippen molar-refractivity contribution < 1.29 is 18.7 Å². The molecule has 0 aromatic heterocycles. The Labute approximate surface area is 156 Å². The van der Waals surface area contributed by atoms with Crippen molar-refractivity contribution in [3.8, 4) is 0 Å². The van der Waals surface area contributed by atoms with Crippen LogP contribution in [-0.4, -0.2) is 18.4 Å². The molecule has 0 aliphatic heterocycles. The van der Waals surface area contributed by atoms with Crippen LogP contribution in [-0.2, 0) is 14.3 Å². The first-order chi connectivity index (χ1) is 12.5. The molecule has 134 valence electrons. The molecule has 0 radical (unpaired) electrons. The summed E-state index contributed by atoms with van der Waals surface area (Å²) in [5, 5.41) is 0.500. The molecule has 0 bridgehead atoms. The zero-order chi connectivity index (χ0) is 18.7. The molecule has 0 saturated carbocycles. The van der Waals surface area contributed by atoms with Crippen molar-refractivity contribution in [1.29, 1.82) is 0 Å². The summed E-state index contributed by atoms with van der Waals surface area (Å²) in [7, 11) is 0. The third-order valence-corrected chi connectivity index (χ3v) is 4.87. The van der Waals surface area contributed by atoms with Gasteiger partial charge in [-0.3, -0.25) is 9.59 Å². The number of carbonyl (C=O) groups is 2. The molecule has 0 spiro atoms. The summed E-state index contributed by atoms with van der Waals surface area (Å²) >= 11 is 6.33. The predicted octanol–water partition coefficient (Wildman–Crippen LogP) is 4.80. The molecule has 2 atom stereocenters. The maximum absolute atomic E-state index is 13.2. The highest BCUT2D eigenvalue weighted by Gasteiger charge is 2.40. The molecule has 2 aromatic rings. The van der Waals surface area contributed by atoms with Crippen LogP contribution in [0.2, 0.25) is 5.02 Å². The van der Waals surface area contributed by atoms with Crippen LogP contribution in [0.15, 0.2) is 54.6 Å². The Hall–Kier alpha value is -2.46. The lowest BCUT2D eigenvalue weighted by molar-refractivity contribution is -0.151. The van der Waals surface area contributed by atoms with Crippen LogP contribution in [0.4, 0.5) is 4.39 Å². The van der Waals surface area contributed by atoms with E-state index >= 15 is 0 Å². The minimum absolute atomic E-state index is 0.201. The van der Waals surface area contributed by atoms with E-state index in [0.717, 1.165) is 16.7 Å². The van der Waals surface area contributed by atoms with Gasteiger partial charge in [0, 0.05) is 10.9 Å². The lowest BCUT2D eigenvalue weighted by Gasteiger charge is -2.30. The molecule has 26 heavy (non-hydrogen) atoms. The number of carbonyl (C=O) groups excluding carboxylic acids is 2. The maximum atomic E-state index is 13.2. The van der Waals surface area contributed by atoms with Crippen LogP contribution >= 0.6 is 11.6 Å². The van der Waals surface area contributed by atoms with Gasteiger partial charge >= 0.3 is 5.97 Å². The molecule has 0 saturated heterocycles. The summed E-state index contributed by atoms with van der Waals surface area (Å²) in [5.74, 6) is -2.57. The highest BCUT2D eigenvalue weighted by atomic mass is 35.5. The topological polar surface area (TPSA) is 43.4 Å². The number of esters is 1. The summed E-state index contributed by atoms with van der Waals surface area (Å²) in [6, 6.07) is 13.1. The molecular weight excluding hydrogens is 355 g/mol. The number of halogens is 2. The normalized spacial score (nSPS) is 19.8. The molecular formula is C21H18ClFO3. The number of ether oxygens (including phenoxy) is 1. The van der Waals surface area contributed by atoms with Crippen molar-refractivity contribution in [1.82, 2.24) is 0 Å². The van der Waals surface area contributed by atoms with Gasteiger partial charge in [0.1, 0.15) is 11.7 Å². The third kappa shape index (κ3) is 3.70. The first-order valence-electron chi connectivity index (χ1n) is 8.42. The Morgan fingerprint density at radius 1 is 1.19 bits per heavy atom. The summed E-state index contributed by atoms with van der Waals surface area (Å²) in [4.78, 5) is 25.2. The molecule has 0 amide bonds. The number of hydrogen-bond donors (Lipinski definition) is 0. The van der Waals surface area contributed by atoms with Gasteiger partial charge in [-0.05, 0) is 54.3 Å². The highest BCUT2D eigenvalue weighted by Crippen LogP contribution is 2.42.